The average molecular weight is 398 g/mol. The summed E-state index contributed by atoms with van der Waals surface area (Å²) in [6.45, 7) is 7.42. The number of aromatic nitrogens is 1. The highest BCUT2D eigenvalue weighted by molar-refractivity contribution is 7.92. The first-order valence-electron chi connectivity index (χ1n) is 9.66. The number of hydrogen-bond acceptors (Lipinski definition) is 4. The molecule has 0 spiro atoms. The van der Waals surface area contributed by atoms with Gasteiger partial charge >= 0.3 is 0 Å². The summed E-state index contributed by atoms with van der Waals surface area (Å²) < 4.78 is 25.6. The van der Waals surface area contributed by atoms with Crippen molar-refractivity contribution >= 4 is 21.8 Å². The number of aryl methyl sites for hydroxylation is 1. The van der Waals surface area contributed by atoms with Crippen molar-refractivity contribution in [1.82, 2.24) is 9.88 Å². The number of rotatable bonds is 6. The van der Waals surface area contributed by atoms with Crippen LogP contribution in [0, 0.1) is 18.8 Å². The second kappa shape index (κ2) is 7.01. The normalized spacial score (nSPS) is 27.1. The number of nitrogens with one attached hydrogen (secondary N) is 1. The number of likely N-dealkylation sites (tertiary alicyclic amines) is 1. The van der Waals surface area contributed by atoms with Crippen molar-refractivity contribution in [2.45, 2.75) is 19.3 Å². The topological polar surface area (TPSA) is 62.3 Å². The molecule has 2 heterocycles. The zero-order chi connectivity index (χ0) is 19.9. The number of pyridine rings is 1. The molecule has 5 nitrogen and oxygen atoms in total. The van der Waals surface area contributed by atoms with Crippen LogP contribution in [0.1, 0.15) is 23.9 Å². The van der Waals surface area contributed by atoms with E-state index in [2.05, 4.69) is 39.7 Å². The van der Waals surface area contributed by atoms with E-state index >= 15 is 0 Å². The zero-order valence-electron chi connectivity index (χ0n) is 16.6. The Kier molecular flexibility index (Phi) is 4.79. The number of fused-ring (bicyclic) bond motifs is 1. The molecule has 1 aromatic heterocycles. The predicted octanol–water partition coefficient (Wildman–Crippen LogP) is 3.29. The largest absolute Gasteiger partial charge is 0.299 e. The minimum atomic E-state index is -3.25. The average Bonchev–Trinajstić information content (AvgIpc) is 2.98. The summed E-state index contributed by atoms with van der Waals surface area (Å²) in [6.07, 6.45) is 5.47. The summed E-state index contributed by atoms with van der Waals surface area (Å²) in [7, 11) is -3.25. The lowest BCUT2D eigenvalue weighted by Crippen LogP contribution is -2.29. The van der Waals surface area contributed by atoms with E-state index in [4.69, 9.17) is 0 Å². The maximum absolute atomic E-state index is 11.5. The van der Waals surface area contributed by atoms with Crippen molar-refractivity contribution in [3.8, 4) is 0 Å². The third kappa shape index (κ3) is 3.84. The van der Waals surface area contributed by atoms with Gasteiger partial charge in [-0.1, -0.05) is 31.2 Å². The third-order valence-electron chi connectivity index (χ3n) is 6.18. The van der Waals surface area contributed by atoms with Crippen molar-refractivity contribution in [3.05, 3.63) is 65.5 Å². The molecule has 2 unspecified atom stereocenters. The van der Waals surface area contributed by atoms with E-state index in [1.807, 2.05) is 43.3 Å². The van der Waals surface area contributed by atoms with Crippen LogP contribution >= 0.6 is 0 Å². The summed E-state index contributed by atoms with van der Waals surface area (Å²) in [6, 6.07) is 13.9. The van der Waals surface area contributed by atoms with E-state index in [9.17, 15) is 8.42 Å². The molecule has 148 valence electrons. The summed E-state index contributed by atoms with van der Waals surface area (Å²) >= 11 is 0. The fraction of sp³-hybridized carbons (Fsp3) is 0.409. The first-order valence-corrected chi connectivity index (χ1v) is 11.6. The Hall–Kier alpha value is -2.18. The molecule has 1 aliphatic carbocycles. The number of sulfonamides is 1. The second-order valence-electron chi connectivity index (χ2n) is 8.28. The molecule has 1 saturated heterocycles. The number of piperidine rings is 1. The van der Waals surface area contributed by atoms with E-state index in [0.717, 1.165) is 31.0 Å². The van der Waals surface area contributed by atoms with Crippen LogP contribution in [0.3, 0.4) is 0 Å². The first-order chi connectivity index (χ1) is 13.3. The van der Waals surface area contributed by atoms with E-state index < -0.39 is 10.0 Å². The van der Waals surface area contributed by atoms with Crippen LogP contribution in [0.15, 0.2) is 48.5 Å². The monoisotopic (exact) mass is 397 g/mol. The second-order valence-corrected chi connectivity index (χ2v) is 10.0. The summed E-state index contributed by atoms with van der Waals surface area (Å²) in [5.74, 6) is 1.26. The van der Waals surface area contributed by atoms with E-state index in [1.165, 1.54) is 11.8 Å². The summed E-state index contributed by atoms with van der Waals surface area (Å²) in [4.78, 5) is 6.99. The van der Waals surface area contributed by atoms with E-state index in [0.29, 0.717) is 17.5 Å². The lowest BCUT2D eigenvalue weighted by molar-refractivity contribution is 0.305. The SMILES string of the molecule is Cc1cccc(/C=C/CN2CC3C(C2)C3(C)c2cccc(NS(C)(=O)=O)c2)n1. The lowest BCUT2D eigenvalue weighted by Gasteiger charge is -2.23. The number of benzene rings is 1. The Balaban J connectivity index is 1.37. The summed E-state index contributed by atoms with van der Waals surface area (Å²) in [5, 5.41) is 0. The van der Waals surface area contributed by atoms with Gasteiger partial charge in [0.05, 0.1) is 11.9 Å². The Labute approximate surface area is 167 Å². The van der Waals surface area contributed by atoms with Gasteiger partial charge in [0.2, 0.25) is 10.0 Å². The highest BCUT2D eigenvalue weighted by Crippen LogP contribution is 2.63. The van der Waals surface area contributed by atoms with Crippen LogP contribution in [0.5, 0.6) is 0 Å². The maximum Gasteiger partial charge on any atom is 0.229 e. The smallest absolute Gasteiger partial charge is 0.229 e. The Bertz CT molecular complexity index is 1000. The van der Waals surface area contributed by atoms with Crippen molar-refractivity contribution < 1.29 is 8.42 Å². The first kappa shape index (κ1) is 19.2. The molecule has 1 aromatic carbocycles. The standard InChI is InChI=1S/C22H27N3O2S/c1-16-7-4-9-18(23-16)11-6-12-25-14-20-21(15-25)22(20,2)17-8-5-10-19(13-17)24-28(3,26)27/h4-11,13,20-21,24H,12,14-15H2,1-3H3/b11-6+. The van der Waals surface area contributed by atoms with Crippen LogP contribution in [-0.4, -0.2) is 44.2 Å². The van der Waals surface area contributed by atoms with Gasteiger partial charge < -0.3 is 0 Å². The van der Waals surface area contributed by atoms with Gasteiger partial charge in [0, 0.05) is 36.4 Å². The molecule has 2 atom stereocenters. The number of nitrogens with zero attached hydrogens (tertiary/aromatic N) is 2. The lowest BCUT2D eigenvalue weighted by atomic mass is 9.92. The van der Waals surface area contributed by atoms with E-state index in [-0.39, 0.29) is 5.41 Å². The van der Waals surface area contributed by atoms with Gasteiger partial charge in [0.15, 0.2) is 0 Å². The van der Waals surface area contributed by atoms with Crippen molar-refractivity contribution in [1.29, 1.82) is 0 Å². The summed E-state index contributed by atoms with van der Waals surface area (Å²) in [5.41, 5.74) is 4.07. The molecule has 2 aliphatic rings. The molecule has 0 amide bonds. The van der Waals surface area contributed by atoms with E-state index in [1.54, 1.807) is 0 Å². The molecule has 2 aromatic rings. The van der Waals surface area contributed by atoms with Crippen LogP contribution in [0.2, 0.25) is 0 Å². The van der Waals surface area contributed by atoms with Gasteiger partial charge in [-0.2, -0.15) is 0 Å². The van der Waals surface area contributed by atoms with Gasteiger partial charge in [0.25, 0.3) is 0 Å². The zero-order valence-corrected chi connectivity index (χ0v) is 17.4. The quantitative estimate of drug-likeness (QED) is 0.812. The molecule has 1 saturated carbocycles. The van der Waals surface area contributed by atoms with Crippen molar-refractivity contribution in [3.63, 3.8) is 0 Å². The molecule has 2 fully saturated rings. The van der Waals surface area contributed by atoms with Gasteiger partial charge in [-0.15, -0.1) is 0 Å². The van der Waals surface area contributed by atoms with Crippen LogP contribution in [0.4, 0.5) is 5.69 Å². The molecule has 1 N–H and O–H groups in total. The molecule has 0 radical (unpaired) electrons. The molecule has 0 bridgehead atoms. The number of anilines is 1. The molecular weight excluding hydrogens is 370 g/mol. The Morgan fingerprint density at radius 2 is 1.93 bits per heavy atom. The predicted molar refractivity (Wildman–Crippen MR) is 114 cm³/mol. The molecule has 4 rings (SSSR count). The number of hydrogen-bond donors (Lipinski definition) is 1. The highest BCUT2D eigenvalue weighted by atomic mass is 32.2. The highest BCUT2D eigenvalue weighted by Gasteiger charge is 2.65. The van der Waals surface area contributed by atoms with Crippen LogP contribution in [-0.2, 0) is 15.4 Å². The minimum absolute atomic E-state index is 0.146. The third-order valence-corrected chi connectivity index (χ3v) is 6.78. The Morgan fingerprint density at radius 3 is 2.61 bits per heavy atom. The van der Waals surface area contributed by atoms with Crippen molar-refractivity contribution in [2.75, 3.05) is 30.6 Å². The van der Waals surface area contributed by atoms with Crippen LogP contribution < -0.4 is 4.72 Å². The molecule has 1 aliphatic heterocycles. The molecular formula is C22H27N3O2S. The van der Waals surface area contributed by atoms with Crippen LogP contribution in [0.25, 0.3) is 6.08 Å². The van der Waals surface area contributed by atoms with Gasteiger partial charge in [-0.25, -0.2) is 8.42 Å². The van der Waals surface area contributed by atoms with Gasteiger partial charge in [0.1, 0.15) is 0 Å². The van der Waals surface area contributed by atoms with Gasteiger partial charge in [-0.3, -0.25) is 14.6 Å². The molecule has 6 heteroatoms. The fourth-order valence-corrected chi connectivity index (χ4v) is 5.21. The van der Waals surface area contributed by atoms with Gasteiger partial charge in [-0.05, 0) is 54.7 Å². The fourth-order valence-electron chi connectivity index (χ4n) is 4.65. The van der Waals surface area contributed by atoms with Crippen molar-refractivity contribution in [2.24, 2.45) is 11.8 Å². The minimum Gasteiger partial charge on any atom is -0.299 e. The Morgan fingerprint density at radius 1 is 1.21 bits per heavy atom. The maximum atomic E-state index is 11.5. The molecule has 28 heavy (non-hydrogen) atoms.